The van der Waals surface area contributed by atoms with Gasteiger partial charge in [-0.3, -0.25) is 9.59 Å². The van der Waals surface area contributed by atoms with Crippen molar-refractivity contribution in [1.29, 1.82) is 0 Å². The highest BCUT2D eigenvalue weighted by Gasteiger charge is 2.31. The molecule has 0 aromatic heterocycles. The summed E-state index contributed by atoms with van der Waals surface area (Å²) in [6.45, 7) is 0.342. The number of rotatable bonds is 12. The quantitative estimate of drug-likeness (QED) is 0.267. The fourth-order valence-corrected chi connectivity index (χ4v) is 5.94. The number of carbonyl (C=O) groups excluding carboxylic acids is 2. The number of hydrogen-bond acceptors (Lipinski definition) is 4. The van der Waals surface area contributed by atoms with Gasteiger partial charge in [0.1, 0.15) is 11.8 Å². The maximum atomic E-state index is 13.8. The minimum absolute atomic E-state index is 0.0526. The van der Waals surface area contributed by atoms with Crippen molar-refractivity contribution in [3.05, 3.63) is 101 Å². The molecule has 7 heteroatoms. The molecule has 1 aliphatic carbocycles. The van der Waals surface area contributed by atoms with Gasteiger partial charge in [0.25, 0.3) is 0 Å². The molecular weight excluding hydrogens is 528 g/mol. The van der Waals surface area contributed by atoms with Crippen LogP contribution in [0.3, 0.4) is 0 Å². The summed E-state index contributed by atoms with van der Waals surface area (Å²) in [5.41, 5.74) is 3.09. The molecule has 39 heavy (non-hydrogen) atoms. The molecule has 1 N–H and O–H groups in total. The first-order valence-corrected chi connectivity index (χ1v) is 15.1. The zero-order valence-electron chi connectivity index (χ0n) is 22.5. The first-order chi connectivity index (χ1) is 19.0. The van der Waals surface area contributed by atoms with Crippen molar-refractivity contribution in [3.8, 4) is 5.75 Å². The number of nitrogens with one attached hydrogen (secondary N) is 1. The molecule has 3 aromatic carbocycles. The van der Waals surface area contributed by atoms with Crippen molar-refractivity contribution in [2.24, 2.45) is 0 Å². The Morgan fingerprint density at radius 3 is 2.26 bits per heavy atom. The molecule has 0 saturated heterocycles. The van der Waals surface area contributed by atoms with Crippen molar-refractivity contribution in [3.63, 3.8) is 0 Å². The Bertz CT molecular complexity index is 1180. The molecule has 0 heterocycles. The molecule has 5 nitrogen and oxygen atoms in total. The first-order valence-electron chi connectivity index (χ1n) is 13.6. The molecule has 0 bridgehead atoms. The predicted octanol–water partition coefficient (Wildman–Crippen LogP) is 6.67. The summed E-state index contributed by atoms with van der Waals surface area (Å²) >= 11 is 7.68. The minimum Gasteiger partial charge on any atom is -0.497 e. The molecule has 1 atom stereocenters. The number of methoxy groups -OCH3 is 1. The van der Waals surface area contributed by atoms with Crippen LogP contribution in [0.1, 0.15) is 48.8 Å². The predicted molar refractivity (Wildman–Crippen MR) is 160 cm³/mol. The maximum Gasteiger partial charge on any atom is 0.243 e. The van der Waals surface area contributed by atoms with Gasteiger partial charge in [-0.2, -0.15) is 0 Å². The molecule has 1 fully saturated rings. The first kappa shape index (κ1) is 29.0. The molecule has 2 amide bonds. The van der Waals surface area contributed by atoms with Crippen molar-refractivity contribution < 1.29 is 14.3 Å². The third kappa shape index (κ3) is 9.04. The highest BCUT2D eigenvalue weighted by atomic mass is 35.5. The topological polar surface area (TPSA) is 58.6 Å². The maximum absolute atomic E-state index is 13.8. The lowest BCUT2D eigenvalue weighted by atomic mass is 9.94. The fraction of sp³-hybridized carbons (Fsp3) is 0.375. The van der Waals surface area contributed by atoms with Crippen LogP contribution in [0.25, 0.3) is 0 Å². The average Bonchev–Trinajstić information content (AvgIpc) is 2.97. The van der Waals surface area contributed by atoms with Gasteiger partial charge in [0, 0.05) is 29.8 Å². The molecule has 1 unspecified atom stereocenters. The van der Waals surface area contributed by atoms with E-state index in [2.05, 4.69) is 5.32 Å². The average molecular weight is 565 g/mol. The van der Waals surface area contributed by atoms with Gasteiger partial charge in [-0.05, 0) is 53.8 Å². The van der Waals surface area contributed by atoms with Gasteiger partial charge in [0.2, 0.25) is 11.8 Å². The van der Waals surface area contributed by atoms with Gasteiger partial charge in [-0.25, -0.2) is 0 Å². The van der Waals surface area contributed by atoms with E-state index in [0.29, 0.717) is 23.7 Å². The van der Waals surface area contributed by atoms with Crippen molar-refractivity contribution >= 4 is 35.2 Å². The number of halogens is 1. The number of hydrogen-bond donors (Lipinski definition) is 1. The van der Waals surface area contributed by atoms with Gasteiger partial charge >= 0.3 is 0 Å². The van der Waals surface area contributed by atoms with Gasteiger partial charge < -0.3 is 15.0 Å². The highest BCUT2D eigenvalue weighted by Crippen LogP contribution is 2.22. The van der Waals surface area contributed by atoms with Crippen molar-refractivity contribution in [2.75, 3.05) is 12.9 Å². The van der Waals surface area contributed by atoms with Crippen LogP contribution < -0.4 is 10.1 Å². The summed E-state index contributed by atoms with van der Waals surface area (Å²) < 4.78 is 5.25. The van der Waals surface area contributed by atoms with E-state index in [1.165, 1.54) is 6.42 Å². The normalized spacial score (nSPS) is 14.4. The number of carbonyl (C=O) groups is 2. The second kappa shape index (κ2) is 15.0. The molecule has 3 aromatic rings. The zero-order chi connectivity index (χ0) is 27.5. The number of benzene rings is 3. The van der Waals surface area contributed by atoms with Gasteiger partial charge in [-0.1, -0.05) is 85.5 Å². The monoisotopic (exact) mass is 564 g/mol. The number of ether oxygens (including phenoxy) is 1. The second-order valence-corrected chi connectivity index (χ2v) is 11.5. The van der Waals surface area contributed by atoms with Crippen LogP contribution in [0.4, 0.5) is 0 Å². The van der Waals surface area contributed by atoms with Crippen LogP contribution in [0.5, 0.6) is 5.75 Å². The van der Waals surface area contributed by atoms with Crippen LogP contribution in [-0.2, 0) is 28.3 Å². The second-order valence-electron chi connectivity index (χ2n) is 10.0. The minimum atomic E-state index is -0.612. The van der Waals surface area contributed by atoms with Crippen LogP contribution in [-0.4, -0.2) is 41.7 Å². The summed E-state index contributed by atoms with van der Waals surface area (Å²) in [5, 5.41) is 3.93. The molecular formula is C32H37ClN2O3S. The van der Waals surface area contributed by atoms with E-state index in [1.54, 1.807) is 23.8 Å². The third-order valence-corrected chi connectivity index (χ3v) is 8.38. The van der Waals surface area contributed by atoms with Crippen molar-refractivity contribution in [1.82, 2.24) is 10.2 Å². The smallest absolute Gasteiger partial charge is 0.243 e. The van der Waals surface area contributed by atoms with E-state index in [-0.39, 0.29) is 23.6 Å². The van der Waals surface area contributed by atoms with Gasteiger partial charge in [0.05, 0.1) is 12.9 Å². The van der Waals surface area contributed by atoms with E-state index in [9.17, 15) is 9.59 Å². The SMILES string of the molecule is COc1ccc(CSCC(=O)N(Cc2ccc(Cl)cc2)C(Cc2ccccc2)C(=O)NC2CCCCC2)cc1. The molecule has 0 radical (unpaired) electrons. The Labute approximate surface area is 241 Å². The summed E-state index contributed by atoms with van der Waals surface area (Å²) in [4.78, 5) is 29.4. The Hall–Kier alpha value is -2.96. The van der Waals surface area contributed by atoms with Crippen LogP contribution in [0, 0.1) is 0 Å². The highest BCUT2D eigenvalue weighted by molar-refractivity contribution is 7.99. The van der Waals surface area contributed by atoms with E-state index < -0.39 is 6.04 Å². The van der Waals surface area contributed by atoms with Gasteiger partial charge in [0.15, 0.2) is 0 Å². The molecule has 4 rings (SSSR count). The lowest BCUT2D eigenvalue weighted by Gasteiger charge is -2.33. The largest absolute Gasteiger partial charge is 0.497 e. The molecule has 1 saturated carbocycles. The zero-order valence-corrected chi connectivity index (χ0v) is 24.1. The third-order valence-electron chi connectivity index (χ3n) is 7.14. The summed E-state index contributed by atoms with van der Waals surface area (Å²) in [5.74, 6) is 1.65. The van der Waals surface area contributed by atoms with Crippen molar-refractivity contribution in [2.45, 2.75) is 62.9 Å². The molecule has 206 valence electrons. The van der Waals surface area contributed by atoms with E-state index in [1.807, 2.05) is 78.9 Å². The Morgan fingerprint density at radius 2 is 1.59 bits per heavy atom. The van der Waals surface area contributed by atoms with Crippen LogP contribution in [0.15, 0.2) is 78.9 Å². The summed E-state index contributed by atoms with van der Waals surface area (Å²) in [6.07, 6.45) is 5.92. The molecule has 0 spiro atoms. The van der Waals surface area contributed by atoms with Gasteiger partial charge in [-0.15, -0.1) is 11.8 Å². The van der Waals surface area contributed by atoms with E-state index >= 15 is 0 Å². The Morgan fingerprint density at radius 1 is 0.923 bits per heavy atom. The lowest BCUT2D eigenvalue weighted by Crippen LogP contribution is -2.53. The summed E-state index contributed by atoms with van der Waals surface area (Å²) in [6, 6.07) is 24.9. The Kier molecular flexibility index (Phi) is 11.2. The summed E-state index contributed by atoms with van der Waals surface area (Å²) in [7, 11) is 1.65. The molecule has 0 aliphatic heterocycles. The number of thioether (sulfide) groups is 1. The fourth-order valence-electron chi connectivity index (χ4n) is 4.95. The van der Waals surface area contributed by atoms with E-state index in [0.717, 1.165) is 48.1 Å². The standard InChI is InChI=1S/C32H37ClN2O3S/c1-38-29-18-14-26(15-19-29)22-39-23-31(36)35(21-25-12-16-27(33)17-13-25)30(20-24-8-4-2-5-9-24)32(37)34-28-10-6-3-7-11-28/h2,4-5,8-9,12-19,28,30H,3,6-7,10-11,20-23H2,1H3,(H,34,37). The Balaban J connectivity index is 1.54. The lowest BCUT2D eigenvalue weighted by molar-refractivity contribution is -0.139. The van der Waals surface area contributed by atoms with Crippen LogP contribution in [0.2, 0.25) is 5.02 Å². The molecule has 1 aliphatic rings. The van der Waals surface area contributed by atoms with E-state index in [4.69, 9.17) is 16.3 Å². The number of amides is 2. The van der Waals surface area contributed by atoms with Crippen LogP contribution >= 0.6 is 23.4 Å². The number of nitrogens with zero attached hydrogens (tertiary/aromatic N) is 1.